The molecule has 1 spiro atoms. The second kappa shape index (κ2) is 11.7. The van der Waals surface area contributed by atoms with Gasteiger partial charge in [-0.05, 0) is 48.7 Å². The minimum Gasteiger partial charge on any atom is -0.492 e. The zero-order valence-electron chi connectivity index (χ0n) is 23.6. The van der Waals surface area contributed by atoms with Crippen LogP contribution < -0.4 is 15.4 Å². The Kier molecular flexibility index (Phi) is 7.99. The van der Waals surface area contributed by atoms with Crippen molar-refractivity contribution in [2.45, 2.75) is 48.3 Å². The van der Waals surface area contributed by atoms with Crippen LogP contribution in [-0.2, 0) is 14.8 Å². The second-order valence-corrected chi connectivity index (χ2v) is 13.2. The number of likely N-dealkylation sites (tertiary alicyclic amines) is 1. The number of aliphatic hydroxyl groups is 1. The van der Waals surface area contributed by atoms with Gasteiger partial charge in [0, 0.05) is 62.0 Å². The van der Waals surface area contributed by atoms with Crippen LogP contribution in [-0.4, -0.2) is 83.6 Å². The van der Waals surface area contributed by atoms with Crippen LogP contribution in [0.1, 0.15) is 25.7 Å². The lowest BCUT2D eigenvalue weighted by molar-refractivity contribution is -0.127. The number of aliphatic hydroxyl groups excluding tert-OH is 1. The van der Waals surface area contributed by atoms with Gasteiger partial charge in [0.05, 0.1) is 18.4 Å². The maximum Gasteiger partial charge on any atom is 0.321 e. The third-order valence-corrected chi connectivity index (χ3v) is 10.4. The number of rotatable bonds is 2. The van der Waals surface area contributed by atoms with E-state index in [2.05, 4.69) is 15.6 Å². The monoisotopic (exact) mass is 627 g/mol. The summed E-state index contributed by atoms with van der Waals surface area (Å²) in [7, 11) is -4.24. The third kappa shape index (κ3) is 5.84. The van der Waals surface area contributed by atoms with E-state index in [0.717, 1.165) is 22.0 Å². The highest BCUT2D eigenvalue weighted by atomic mass is 32.2. The highest BCUT2D eigenvalue weighted by Crippen LogP contribution is 2.37. The molecule has 11 nitrogen and oxygen atoms in total. The lowest BCUT2D eigenvalue weighted by atomic mass is 9.84. The zero-order valence-corrected chi connectivity index (χ0v) is 24.4. The zero-order chi connectivity index (χ0) is 31.1. The number of anilines is 1. The molecule has 14 heteroatoms. The molecule has 0 aliphatic carbocycles. The van der Waals surface area contributed by atoms with Crippen LogP contribution in [0, 0.1) is 11.6 Å². The number of aromatic nitrogens is 1. The molecule has 2 saturated heterocycles. The lowest BCUT2D eigenvalue weighted by Crippen LogP contribution is -2.60. The number of pyridine rings is 1. The number of urea groups is 1. The topological polar surface area (TPSA) is 141 Å². The molecule has 232 valence electrons. The van der Waals surface area contributed by atoms with E-state index in [1.165, 1.54) is 11.0 Å². The largest absolute Gasteiger partial charge is 0.492 e. The molecule has 2 atom stereocenters. The number of nitrogens with zero attached hydrogens (tertiary/aromatic N) is 3. The van der Waals surface area contributed by atoms with Gasteiger partial charge in [0.2, 0.25) is 15.9 Å². The quantitative estimate of drug-likeness (QED) is 0.397. The molecule has 1 aromatic heterocycles. The summed E-state index contributed by atoms with van der Waals surface area (Å²) in [5.74, 6) is -2.08. The number of fused-ring (bicyclic) bond motifs is 2. The Morgan fingerprint density at radius 2 is 1.89 bits per heavy atom. The number of amides is 3. The number of carbonyl (C=O) groups excluding carboxylic acids is 2. The van der Waals surface area contributed by atoms with Gasteiger partial charge in [-0.2, -0.15) is 4.31 Å². The number of halogens is 2. The molecule has 44 heavy (non-hydrogen) atoms. The number of ether oxygens (including phenoxy) is 1. The van der Waals surface area contributed by atoms with Gasteiger partial charge in [-0.15, -0.1) is 0 Å². The summed E-state index contributed by atoms with van der Waals surface area (Å²) in [5, 5.41) is 16.0. The Morgan fingerprint density at radius 3 is 2.61 bits per heavy atom. The molecule has 0 saturated carbocycles. The molecule has 2 fully saturated rings. The van der Waals surface area contributed by atoms with Crippen LogP contribution in [0.5, 0.6) is 5.75 Å². The van der Waals surface area contributed by atoms with Crippen molar-refractivity contribution in [2.75, 3.05) is 31.6 Å². The van der Waals surface area contributed by atoms with E-state index in [9.17, 15) is 31.9 Å². The minimum atomic E-state index is -4.24. The molecule has 0 unspecified atom stereocenters. The standard InChI is InChI=1S/C30H31F2N5O6S/c31-21-4-5-24(23(32)15-21)34-29(40)36-11-7-30(8-12-36)9-13-43-26-14-19(20-2-1-10-33-17-20)3-6-27(26)44(41,42)37-18-22(38)16-25(37)28(39)35-30/h1-6,10,14-15,17,22,25,38H,7-9,11-13,16,18H2,(H,34,40)(H,35,39)/t22-,25+/m1/s1. The summed E-state index contributed by atoms with van der Waals surface area (Å²) < 4.78 is 62.3. The summed E-state index contributed by atoms with van der Waals surface area (Å²) in [6.45, 7) is 0.225. The number of hydrogen-bond donors (Lipinski definition) is 3. The molecule has 2 aromatic carbocycles. The van der Waals surface area contributed by atoms with E-state index in [1.54, 1.807) is 30.6 Å². The molecule has 3 aromatic rings. The smallest absolute Gasteiger partial charge is 0.321 e. The van der Waals surface area contributed by atoms with Crippen LogP contribution in [0.25, 0.3) is 11.1 Å². The van der Waals surface area contributed by atoms with E-state index >= 15 is 0 Å². The Bertz CT molecular complexity index is 1680. The first kappa shape index (κ1) is 29.9. The Morgan fingerprint density at radius 1 is 1.09 bits per heavy atom. The summed E-state index contributed by atoms with van der Waals surface area (Å²) >= 11 is 0. The number of sulfonamides is 1. The summed E-state index contributed by atoms with van der Waals surface area (Å²) in [5.41, 5.74) is 0.461. The van der Waals surface area contributed by atoms with Gasteiger partial charge in [-0.3, -0.25) is 9.78 Å². The van der Waals surface area contributed by atoms with Crippen molar-refractivity contribution in [1.29, 1.82) is 0 Å². The van der Waals surface area contributed by atoms with Crippen molar-refractivity contribution in [3.8, 4) is 16.9 Å². The fourth-order valence-electron chi connectivity index (χ4n) is 6.02. The summed E-state index contributed by atoms with van der Waals surface area (Å²) in [6, 6.07) is 9.49. The predicted octanol–water partition coefficient (Wildman–Crippen LogP) is 3.12. The second-order valence-electron chi connectivity index (χ2n) is 11.3. The van der Waals surface area contributed by atoms with E-state index in [4.69, 9.17) is 4.74 Å². The van der Waals surface area contributed by atoms with E-state index in [-0.39, 0.29) is 49.0 Å². The molecule has 6 rings (SSSR count). The van der Waals surface area contributed by atoms with Gasteiger partial charge in [0.15, 0.2) is 0 Å². The number of hydrogen-bond acceptors (Lipinski definition) is 7. The highest BCUT2D eigenvalue weighted by molar-refractivity contribution is 7.89. The first-order chi connectivity index (χ1) is 21.0. The summed E-state index contributed by atoms with van der Waals surface area (Å²) in [4.78, 5) is 32.1. The van der Waals surface area contributed by atoms with Crippen LogP contribution in [0.3, 0.4) is 0 Å². The Balaban J connectivity index is 1.26. The molecular formula is C30H31F2N5O6S. The van der Waals surface area contributed by atoms with Crippen molar-refractivity contribution in [3.05, 3.63) is 72.6 Å². The van der Waals surface area contributed by atoms with E-state index in [1.807, 2.05) is 6.07 Å². The van der Waals surface area contributed by atoms with E-state index in [0.29, 0.717) is 30.9 Å². The molecule has 3 aliphatic heterocycles. The fourth-order valence-corrected chi connectivity index (χ4v) is 7.77. The molecule has 3 N–H and O–H groups in total. The fraction of sp³-hybridized carbons (Fsp3) is 0.367. The van der Waals surface area contributed by atoms with Crippen LogP contribution in [0.15, 0.2) is 65.8 Å². The number of nitrogens with one attached hydrogen (secondary N) is 2. The molecule has 3 aliphatic rings. The van der Waals surface area contributed by atoms with Crippen LogP contribution in [0.2, 0.25) is 0 Å². The van der Waals surface area contributed by atoms with Gasteiger partial charge < -0.3 is 25.4 Å². The van der Waals surface area contributed by atoms with Crippen molar-refractivity contribution >= 4 is 27.6 Å². The maximum absolute atomic E-state index is 14.1. The molecule has 3 amide bonds. The maximum atomic E-state index is 14.1. The minimum absolute atomic E-state index is 0.0666. The van der Waals surface area contributed by atoms with Crippen molar-refractivity contribution in [1.82, 2.24) is 19.5 Å². The Labute approximate surface area is 252 Å². The predicted molar refractivity (Wildman–Crippen MR) is 155 cm³/mol. The SMILES string of the molecule is O=C1NC2(CCOc3cc(-c4cccnc4)ccc3S(=O)(=O)N3C[C@H](O)C[C@@H]13)CCN(C(=O)Nc1ccc(F)cc1F)CC2. The Hall–Kier alpha value is -4.14. The molecule has 0 radical (unpaired) electrons. The summed E-state index contributed by atoms with van der Waals surface area (Å²) in [6.07, 6.45) is 3.12. The average Bonchev–Trinajstić information content (AvgIpc) is 3.41. The van der Waals surface area contributed by atoms with Gasteiger partial charge in [0.1, 0.15) is 28.3 Å². The molecule has 0 bridgehead atoms. The third-order valence-electron chi connectivity index (χ3n) is 8.47. The van der Waals surface area contributed by atoms with Crippen LogP contribution >= 0.6 is 0 Å². The lowest BCUT2D eigenvalue weighted by Gasteiger charge is -2.43. The van der Waals surface area contributed by atoms with Crippen molar-refractivity contribution in [3.63, 3.8) is 0 Å². The van der Waals surface area contributed by atoms with Gasteiger partial charge in [-0.25, -0.2) is 22.0 Å². The molecular weight excluding hydrogens is 596 g/mol. The number of carbonyl (C=O) groups is 2. The van der Waals surface area contributed by atoms with Gasteiger partial charge in [-0.1, -0.05) is 12.1 Å². The van der Waals surface area contributed by atoms with E-state index < -0.39 is 51.3 Å². The van der Waals surface area contributed by atoms with Gasteiger partial charge >= 0.3 is 6.03 Å². The van der Waals surface area contributed by atoms with Crippen molar-refractivity contribution < 1.29 is 36.6 Å². The molecule has 4 heterocycles. The van der Waals surface area contributed by atoms with Gasteiger partial charge in [0.25, 0.3) is 0 Å². The number of benzene rings is 2. The first-order valence-electron chi connectivity index (χ1n) is 14.2. The van der Waals surface area contributed by atoms with Crippen molar-refractivity contribution in [2.24, 2.45) is 0 Å². The average molecular weight is 628 g/mol. The highest BCUT2D eigenvalue weighted by Gasteiger charge is 2.47. The van der Waals surface area contributed by atoms with Crippen LogP contribution in [0.4, 0.5) is 19.3 Å². The number of piperidine rings is 1. The normalized spacial score (nSPS) is 23.1. The first-order valence-corrected chi connectivity index (χ1v) is 15.7.